The van der Waals surface area contributed by atoms with Crippen LogP contribution < -0.4 is 62.5 Å². The summed E-state index contributed by atoms with van der Waals surface area (Å²) in [5, 5.41) is 34.1. The van der Waals surface area contributed by atoms with Crippen molar-refractivity contribution in [2.75, 3.05) is 22.5 Å². The van der Waals surface area contributed by atoms with Gasteiger partial charge in [-0.25, -0.2) is 19.9 Å². The summed E-state index contributed by atoms with van der Waals surface area (Å²) >= 11 is 0. The second-order valence-corrected chi connectivity index (χ2v) is 32.7. The normalized spacial score (nSPS) is 13.9. The van der Waals surface area contributed by atoms with Crippen LogP contribution in [0.25, 0.3) is 68.7 Å². The molecule has 0 unspecified atom stereocenters. The molecule has 8 aromatic carbocycles. The second kappa shape index (κ2) is 38.6. The lowest BCUT2D eigenvalue weighted by atomic mass is 9.80. The highest BCUT2D eigenvalue weighted by molar-refractivity contribution is 5.99. The number of fused-ring (bicyclic) bond motifs is 4. The average molecular weight is 1750 g/mol. The molecule has 8 heterocycles. The van der Waals surface area contributed by atoms with E-state index >= 15 is 0 Å². The molecule has 4 aliphatic carbocycles. The van der Waals surface area contributed by atoms with Crippen molar-refractivity contribution in [2.45, 2.75) is 137 Å². The van der Waals surface area contributed by atoms with E-state index in [1.165, 1.54) is 42.3 Å². The predicted octanol–water partition coefficient (Wildman–Crippen LogP) is 13.7. The molecule has 0 spiro atoms. The highest BCUT2D eigenvalue weighted by Crippen LogP contribution is 2.38. The molecule has 0 saturated heterocycles. The number of hydrogen-bond donors (Lipinski definition) is 9. The Bertz CT molecular complexity index is 7110. The standard InChI is InChI=1S/C25H25N5O4.C25H25N5O3.C24H23N5O3.C23H21N5O3/c1-16-7-5-10-19(21(16)23(32)26-15-25(33)11-6-12-25)34-14-18-13-20(31)30-24(27-18)28-22(29-30)17-8-3-2-4-9-17;1-16-8-7-13-20(22(16)27-24(32)18-11-5-6-12-18)33-15-19-14-21(31)30-25(26-19)28-23(29-30)17-9-3-2-4-10-17;1-15-7-5-12-19(21(15)26-23(31)17-10-6-11-17)32-14-18-13-20(30)29-24(25-18)27-22(28-29)16-8-3-2-4-9-16;1-14-6-5-9-18(20(14)25-22(30)16-10-11-16)31-13-17-12-19(29)28-23(24-17)26-21(27-28)15-7-3-2-4-8-15/h2-5,7-10,13,33H,6,11-12,14-15H2,1H3,(H,26,32)(H,27,28,29);2-4,7-10,13-14,18H,5-6,11-12,15H2,1H3,(H,27,32)(H,26,28,29);2-5,7-9,12-13,17H,6,10-11,14H2,1H3,(H,26,31)(H,25,27,28);2-9,12,16H,10-11,13H2,1H3,(H,25,30)(H,24,26,27). The van der Waals surface area contributed by atoms with Crippen molar-refractivity contribution < 1.29 is 43.2 Å². The predicted molar refractivity (Wildman–Crippen MR) is 487 cm³/mol. The lowest BCUT2D eigenvalue weighted by Crippen LogP contribution is -2.47. The van der Waals surface area contributed by atoms with Gasteiger partial charge in [-0.05, 0) is 132 Å². The zero-order valence-corrected chi connectivity index (χ0v) is 71.8. The molecule has 130 heavy (non-hydrogen) atoms. The Hall–Kier alpha value is -15.8. The third-order valence-corrected chi connectivity index (χ3v) is 23.1. The van der Waals surface area contributed by atoms with E-state index in [1.54, 1.807) is 24.3 Å². The van der Waals surface area contributed by atoms with Gasteiger partial charge in [-0.3, -0.25) is 58.8 Å². The summed E-state index contributed by atoms with van der Waals surface area (Å²) < 4.78 is 29.0. The maximum Gasteiger partial charge on any atom is 0.274 e. The Morgan fingerprint density at radius 1 is 0.354 bits per heavy atom. The van der Waals surface area contributed by atoms with Crippen LogP contribution in [0.15, 0.2) is 238 Å². The fourth-order valence-electron chi connectivity index (χ4n) is 15.3. The van der Waals surface area contributed by atoms with E-state index in [-0.39, 0.29) is 120 Å². The molecular formula is C97H94N20O13. The Labute approximate surface area is 742 Å². The average Bonchev–Trinajstić information content (AvgIpc) is 1.65. The van der Waals surface area contributed by atoms with Crippen molar-refractivity contribution in [3.63, 3.8) is 0 Å². The number of rotatable bonds is 25. The number of H-pyrrole nitrogens is 4. The molecule has 4 saturated carbocycles. The van der Waals surface area contributed by atoms with Gasteiger partial charge in [0.2, 0.25) is 17.7 Å². The van der Waals surface area contributed by atoms with Crippen molar-refractivity contribution in [3.8, 4) is 68.5 Å². The minimum atomic E-state index is -0.816. The number of nitrogens with zero attached hydrogens (tertiary/aromatic N) is 12. The lowest BCUT2D eigenvalue weighted by molar-refractivity contribution is -0.122. The number of hydrogen-bond acceptors (Lipinski definition) is 21. The summed E-state index contributed by atoms with van der Waals surface area (Å²) in [6, 6.07) is 65.8. The Morgan fingerprint density at radius 3 is 0.923 bits per heavy atom. The van der Waals surface area contributed by atoms with E-state index in [4.69, 9.17) is 18.9 Å². The number of anilines is 3. The third kappa shape index (κ3) is 20.2. The maximum absolute atomic E-state index is 12.9. The van der Waals surface area contributed by atoms with E-state index in [0.29, 0.717) is 105 Å². The molecule has 33 heteroatoms. The highest BCUT2D eigenvalue weighted by atomic mass is 16.5. The monoisotopic (exact) mass is 1750 g/mol. The number of amides is 4. The van der Waals surface area contributed by atoms with Gasteiger partial charge in [0.05, 0.1) is 51.0 Å². The van der Waals surface area contributed by atoms with E-state index in [9.17, 15) is 43.5 Å². The maximum atomic E-state index is 12.9. The number of aromatic amines is 4. The molecule has 4 aliphatic rings. The molecule has 20 rings (SSSR count). The fraction of sp³-hybridized carbons (Fsp3) is 0.258. The first-order chi connectivity index (χ1) is 63.2. The number of nitrogens with one attached hydrogen (secondary N) is 8. The molecule has 660 valence electrons. The van der Waals surface area contributed by atoms with Crippen LogP contribution in [-0.4, -0.2) is 119 Å². The first-order valence-corrected chi connectivity index (χ1v) is 43.2. The molecule has 0 aliphatic heterocycles. The Balaban J connectivity index is 0.000000122. The number of aliphatic hydroxyl groups is 1. The number of benzene rings is 8. The Morgan fingerprint density at radius 2 is 0.638 bits per heavy atom. The number of aromatic nitrogens is 16. The van der Waals surface area contributed by atoms with Crippen LogP contribution in [0.1, 0.15) is 132 Å². The number of aryl methyl sites for hydroxylation is 4. The number of ether oxygens (including phenoxy) is 4. The van der Waals surface area contributed by atoms with Gasteiger partial charge in [0.25, 0.3) is 51.3 Å². The highest BCUT2D eigenvalue weighted by Gasteiger charge is 2.36. The zero-order valence-electron chi connectivity index (χ0n) is 71.8. The molecule has 0 radical (unpaired) electrons. The molecule has 4 amide bonds. The van der Waals surface area contributed by atoms with Crippen LogP contribution in [0.3, 0.4) is 0 Å². The van der Waals surface area contributed by atoms with Crippen molar-refractivity contribution in [2.24, 2.45) is 17.8 Å². The smallest absolute Gasteiger partial charge is 0.274 e. The van der Waals surface area contributed by atoms with Gasteiger partial charge in [-0.15, -0.1) is 0 Å². The van der Waals surface area contributed by atoms with E-state index < -0.39 is 5.60 Å². The van der Waals surface area contributed by atoms with Crippen LogP contribution in [-0.2, 0) is 40.8 Å². The van der Waals surface area contributed by atoms with Crippen molar-refractivity contribution in [1.82, 2.24) is 83.6 Å². The lowest BCUT2D eigenvalue weighted by Gasteiger charge is -2.36. The Kier molecular flexibility index (Phi) is 25.6. The molecule has 0 atom stereocenters. The van der Waals surface area contributed by atoms with Crippen LogP contribution in [0.4, 0.5) is 17.1 Å². The van der Waals surface area contributed by atoms with Gasteiger partial charge in [-0.2, -0.15) is 38.0 Å². The molecule has 33 nitrogen and oxygen atoms in total. The minimum absolute atomic E-state index is 0.00700. The van der Waals surface area contributed by atoms with Gasteiger partial charge < -0.3 is 45.3 Å². The van der Waals surface area contributed by atoms with Crippen molar-refractivity contribution in [1.29, 1.82) is 0 Å². The van der Waals surface area contributed by atoms with Crippen LogP contribution >= 0.6 is 0 Å². The summed E-state index contributed by atoms with van der Waals surface area (Å²) in [5.74, 6) is 5.31. The molecule has 8 aromatic heterocycles. The first kappa shape index (κ1) is 86.3. The van der Waals surface area contributed by atoms with Crippen molar-refractivity contribution >= 4 is 63.8 Å². The molecule has 0 bridgehead atoms. The van der Waals surface area contributed by atoms with Gasteiger partial charge in [0.1, 0.15) is 49.4 Å². The van der Waals surface area contributed by atoms with Crippen LogP contribution in [0, 0.1) is 45.4 Å². The summed E-state index contributed by atoms with van der Waals surface area (Å²) in [4.78, 5) is 136. The molecule has 4 fully saturated rings. The van der Waals surface area contributed by atoms with E-state index in [2.05, 4.69) is 81.5 Å². The van der Waals surface area contributed by atoms with Gasteiger partial charge in [-0.1, -0.05) is 189 Å². The van der Waals surface area contributed by atoms with Crippen molar-refractivity contribution in [3.05, 3.63) is 310 Å². The number of carbonyl (C=O) groups excluding carboxylic acids is 4. The molecular weight excluding hydrogens is 1650 g/mol. The molecule has 16 aromatic rings. The number of para-hydroxylation sites is 3. The summed E-state index contributed by atoms with van der Waals surface area (Å²) in [6.07, 6.45) is 11.2. The SMILES string of the molecule is Cc1cccc(OCc2cc(=O)n3[nH]c(-c4ccccc4)nc3n2)c1C(=O)NCC1(O)CCC1.Cc1cccc(OCc2cc(=O)n3[nH]c(-c4ccccc4)nc3n2)c1NC(=O)C1CC1.Cc1cccc(OCc2cc(=O)n3[nH]c(-c4ccccc4)nc3n2)c1NC(=O)C1CCC1.Cc1cccc(OCc2cc(=O)n3[nH]c(-c4ccccc4)nc3n2)c1NC(=O)C1CCCC1. The summed E-state index contributed by atoms with van der Waals surface area (Å²) in [6.45, 7) is 8.03. The zero-order chi connectivity index (χ0) is 89.9. The number of carbonyl (C=O) groups is 4. The minimum Gasteiger partial charge on any atom is -0.486 e. The third-order valence-electron chi connectivity index (χ3n) is 23.1. The quantitative estimate of drug-likeness (QED) is 0.0257. The van der Waals surface area contributed by atoms with Gasteiger partial charge in [0.15, 0.2) is 23.3 Å². The summed E-state index contributed by atoms with van der Waals surface area (Å²) in [5.41, 5.74) is 9.13. The van der Waals surface area contributed by atoms with E-state index in [0.717, 1.165) is 109 Å². The van der Waals surface area contributed by atoms with Gasteiger partial charge in [0, 0.05) is 70.8 Å². The van der Waals surface area contributed by atoms with Crippen LogP contribution in [0.5, 0.6) is 23.0 Å². The van der Waals surface area contributed by atoms with Gasteiger partial charge >= 0.3 is 0 Å². The largest absolute Gasteiger partial charge is 0.486 e. The second-order valence-electron chi connectivity index (χ2n) is 32.7. The summed E-state index contributed by atoms with van der Waals surface area (Å²) in [7, 11) is 0. The topological polar surface area (TPSA) is 426 Å². The first-order valence-electron chi connectivity index (χ1n) is 43.2. The molecule has 9 N–H and O–H groups in total. The fourth-order valence-corrected chi connectivity index (χ4v) is 15.3. The van der Waals surface area contributed by atoms with E-state index in [1.807, 2.05) is 198 Å². The van der Waals surface area contributed by atoms with Crippen LogP contribution in [0.2, 0.25) is 0 Å².